The zero-order valence-electron chi connectivity index (χ0n) is 17.9. The van der Waals surface area contributed by atoms with Crippen LogP contribution in [0.4, 0.5) is 22.9 Å². The predicted octanol–water partition coefficient (Wildman–Crippen LogP) is 4.05. The molecule has 9 nitrogen and oxygen atoms in total. The summed E-state index contributed by atoms with van der Waals surface area (Å²) in [5, 5.41) is 10.9. The molecule has 0 radical (unpaired) electrons. The summed E-state index contributed by atoms with van der Waals surface area (Å²) in [6.45, 7) is 0.332. The Balaban J connectivity index is 1.20. The minimum Gasteiger partial charge on any atom is -0.340 e. The fraction of sp³-hybridized carbons (Fsp3) is 0.125. The van der Waals surface area contributed by atoms with E-state index in [1.54, 1.807) is 64.4 Å². The second kappa shape index (κ2) is 9.32. The van der Waals surface area contributed by atoms with Crippen LogP contribution in [0.3, 0.4) is 0 Å². The highest BCUT2D eigenvalue weighted by molar-refractivity contribution is 6.30. The Morgan fingerprint density at radius 2 is 1.79 bits per heavy atom. The number of rotatable bonds is 6. The van der Waals surface area contributed by atoms with E-state index < -0.39 is 5.92 Å². The summed E-state index contributed by atoms with van der Waals surface area (Å²) >= 11 is 5.93. The number of carbonyl (C=O) groups is 2. The van der Waals surface area contributed by atoms with Crippen molar-refractivity contribution in [2.24, 2.45) is 5.92 Å². The molecule has 1 aliphatic heterocycles. The van der Waals surface area contributed by atoms with E-state index in [4.69, 9.17) is 11.6 Å². The first kappa shape index (κ1) is 21.6. The third-order valence-corrected chi connectivity index (χ3v) is 5.70. The monoisotopic (exact) mass is 473 g/mol. The van der Waals surface area contributed by atoms with Gasteiger partial charge in [0.25, 0.3) is 0 Å². The number of hydrogen-bond donors (Lipinski definition) is 2. The van der Waals surface area contributed by atoms with Gasteiger partial charge < -0.3 is 15.5 Å². The van der Waals surface area contributed by atoms with Gasteiger partial charge in [0.15, 0.2) is 5.82 Å². The van der Waals surface area contributed by atoms with Crippen molar-refractivity contribution < 1.29 is 9.59 Å². The molecule has 1 atom stereocenters. The number of amides is 2. The van der Waals surface area contributed by atoms with Crippen molar-refractivity contribution in [1.82, 2.24) is 19.7 Å². The van der Waals surface area contributed by atoms with Gasteiger partial charge in [-0.25, -0.2) is 14.6 Å². The largest absolute Gasteiger partial charge is 0.340 e. The molecule has 34 heavy (non-hydrogen) atoms. The summed E-state index contributed by atoms with van der Waals surface area (Å²) < 4.78 is 1.65. The number of anilines is 4. The highest BCUT2D eigenvalue weighted by Gasteiger charge is 2.35. The van der Waals surface area contributed by atoms with E-state index in [1.807, 2.05) is 18.2 Å². The van der Waals surface area contributed by atoms with Crippen LogP contribution in [-0.4, -0.2) is 38.1 Å². The summed E-state index contributed by atoms with van der Waals surface area (Å²) in [5.74, 6) is 0.559. The molecular formula is C24H20ClN7O2. The molecule has 0 spiro atoms. The first-order valence-corrected chi connectivity index (χ1v) is 11.0. The predicted molar refractivity (Wildman–Crippen MR) is 129 cm³/mol. The molecule has 0 unspecified atom stereocenters. The van der Waals surface area contributed by atoms with E-state index in [9.17, 15) is 9.59 Å². The number of aromatic nitrogens is 4. The molecule has 1 saturated heterocycles. The van der Waals surface area contributed by atoms with Crippen LogP contribution < -0.4 is 15.5 Å². The van der Waals surface area contributed by atoms with Gasteiger partial charge in [0, 0.05) is 53.5 Å². The Morgan fingerprint density at radius 3 is 2.53 bits per heavy atom. The van der Waals surface area contributed by atoms with Gasteiger partial charge in [0.1, 0.15) is 12.1 Å². The molecule has 2 aromatic heterocycles. The van der Waals surface area contributed by atoms with Crippen molar-refractivity contribution in [2.45, 2.75) is 6.42 Å². The van der Waals surface area contributed by atoms with E-state index >= 15 is 0 Å². The summed E-state index contributed by atoms with van der Waals surface area (Å²) in [6, 6.07) is 17.9. The van der Waals surface area contributed by atoms with Gasteiger partial charge in [-0.05, 0) is 54.6 Å². The number of nitrogens with one attached hydrogen (secondary N) is 2. The van der Waals surface area contributed by atoms with Crippen molar-refractivity contribution >= 4 is 46.3 Å². The molecule has 4 aromatic rings. The zero-order valence-corrected chi connectivity index (χ0v) is 18.7. The van der Waals surface area contributed by atoms with Gasteiger partial charge in [-0.2, -0.15) is 5.10 Å². The fourth-order valence-electron chi connectivity index (χ4n) is 3.73. The van der Waals surface area contributed by atoms with E-state index in [0.29, 0.717) is 28.9 Å². The zero-order chi connectivity index (χ0) is 23.5. The molecule has 0 aliphatic carbocycles. The van der Waals surface area contributed by atoms with E-state index in [2.05, 4.69) is 25.7 Å². The van der Waals surface area contributed by atoms with Gasteiger partial charge in [0.2, 0.25) is 11.8 Å². The van der Waals surface area contributed by atoms with Gasteiger partial charge in [0.05, 0.1) is 5.92 Å². The molecule has 5 rings (SSSR count). The molecule has 0 saturated carbocycles. The van der Waals surface area contributed by atoms with E-state index in [0.717, 1.165) is 11.4 Å². The van der Waals surface area contributed by atoms with Crippen LogP contribution in [0.5, 0.6) is 0 Å². The van der Waals surface area contributed by atoms with Crippen LogP contribution >= 0.6 is 11.6 Å². The molecule has 170 valence electrons. The van der Waals surface area contributed by atoms with Crippen LogP contribution in [0.1, 0.15) is 6.42 Å². The second-order valence-corrected chi connectivity index (χ2v) is 8.22. The molecule has 10 heteroatoms. The van der Waals surface area contributed by atoms with Gasteiger partial charge in [-0.1, -0.05) is 11.6 Å². The lowest BCUT2D eigenvalue weighted by molar-refractivity contribution is -0.122. The van der Waals surface area contributed by atoms with Crippen LogP contribution in [0.25, 0.3) is 5.82 Å². The lowest BCUT2D eigenvalue weighted by atomic mass is 10.1. The molecular weight excluding hydrogens is 454 g/mol. The molecule has 0 bridgehead atoms. The maximum atomic E-state index is 12.8. The standard InChI is InChI=1S/C24H20ClN7O2/c25-17-2-8-20(9-3-17)31-14-16(12-23(31)33)24(34)30-19-6-4-18(5-7-19)29-21-13-22(27-15-26-21)32-11-1-10-28-32/h1-11,13,15-16H,12,14H2,(H,30,34)(H,26,27,29)/t16-/m0/s1. The first-order valence-electron chi connectivity index (χ1n) is 10.6. The Kier molecular flexibility index (Phi) is 5.92. The van der Waals surface area contributed by atoms with Crippen molar-refractivity contribution in [3.63, 3.8) is 0 Å². The maximum Gasteiger partial charge on any atom is 0.229 e. The third-order valence-electron chi connectivity index (χ3n) is 5.45. The van der Waals surface area contributed by atoms with E-state index in [-0.39, 0.29) is 18.2 Å². The Morgan fingerprint density at radius 1 is 1.03 bits per heavy atom. The SMILES string of the molecule is O=C(Nc1ccc(Nc2cc(-n3cccn3)ncn2)cc1)[C@H]1CC(=O)N(c2ccc(Cl)cc2)C1. The highest BCUT2D eigenvalue weighted by atomic mass is 35.5. The van der Waals surface area contributed by atoms with Crippen molar-refractivity contribution in [3.05, 3.63) is 84.4 Å². The fourth-order valence-corrected chi connectivity index (χ4v) is 3.85. The smallest absolute Gasteiger partial charge is 0.229 e. The lowest BCUT2D eigenvalue weighted by Crippen LogP contribution is -2.28. The molecule has 1 aliphatic rings. The quantitative estimate of drug-likeness (QED) is 0.437. The Bertz CT molecular complexity index is 1310. The number of halogens is 1. The van der Waals surface area contributed by atoms with Crippen molar-refractivity contribution in [1.29, 1.82) is 0 Å². The van der Waals surface area contributed by atoms with Crippen LogP contribution in [0.15, 0.2) is 79.4 Å². The van der Waals surface area contributed by atoms with Crippen LogP contribution in [-0.2, 0) is 9.59 Å². The summed E-state index contributed by atoms with van der Waals surface area (Å²) in [6.07, 6.45) is 5.11. The topological polar surface area (TPSA) is 105 Å². The highest BCUT2D eigenvalue weighted by Crippen LogP contribution is 2.27. The van der Waals surface area contributed by atoms with Crippen LogP contribution in [0, 0.1) is 5.92 Å². The van der Waals surface area contributed by atoms with Gasteiger partial charge in [-0.3, -0.25) is 9.59 Å². The number of carbonyl (C=O) groups excluding carboxylic acids is 2. The molecule has 2 aromatic carbocycles. The third kappa shape index (κ3) is 4.74. The molecule has 1 fully saturated rings. The van der Waals surface area contributed by atoms with E-state index in [1.165, 1.54) is 6.33 Å². The molecule has 3 heterocycles. The molecule has 2 N–H and O–H groups in total. The van der Waals surface area contributed by atoms with Crippen LogP contribution in [0.2, 0.25) is 5.02 Å². The summed E-state index contributed by atoms with van der Waals surface area (Å²) in [4.78, 5) is 35.3. The molecule has 2 amide bonds. The number of hydrogen-bond acceptors (Lipinski definition) is 6. The summed E-state index contributed by atoms with van der Waals surface area (Å²) in [5.41, 5.74) is 2.18. The van der Waals surface area contributed by atoms with Crippen molar-refractivity contribution in [2.75, 3.05) is 22.1 Å². The number of nitrogens with zero attached hydrogens (tertiary/aromatic N) is 5. The first-order chi connectivity index (χ1) is 16.5. The lowest BCUT2D eigenvalue weighted by Gasteiger charge is -2.17. The average molecular weight is 474 g/mol. The Labute approximate surface area is 200 Å². The number of benzene rings is 2. The Hall–Kier alpha value is -4.24. The minimum absolute atomic E-state index is 0.0821. The minimum atomic E-state index is -0.428. The normalized spacial score (nSPS) is 15.4. The average Bonchev–Trinajstić information content (AvgIpc) is 3.52. The van der Waals surface area contributed by atoms with Gasteiger partial charge in [-0.15, -0.1) is 0 Å². The van der Waals surface area contributed by atoms with Gasteiger partial charge >= 0.3 is 0 Å². The maximum absolute atomic E-state index is 12.8. The summed E-state index contributed by atoms with van der Waals surface area (Å²) in [7, 11) is 0. The second-order valence-electron chi connectivity index (χ2n) is 7.79. The van der Waals surface area contributed by atoms with Crippen molar-refractivity contribution in [3.8, 4) is 5.82 Å².